The van der Waals surface area contributed by atoms with Crippen molar-refractivity contribution in [3.8, 4) is 0 Å². The van der Waals surface area contributed by atoms with E-state index in [-0.39, 0.29) is 5.54 Å². The lowest BCUT2D eigenvalue weighted by Gasteiger charge is -2.37. The van der Waals surface area contributed by atoms with Crippen LogP contribution in [0.4, 0.5) is 0 Å². The summed E-state index contributed by atoms with van der Waals surface area (Å²) in [7, 11) is 0. The van der Waals surface area contributed by atoms with Crippen molar-refractivity contribution < 1.29 is 0 Å². The molecule has 2 N–H and O–H groups in total. The highest BCUT2D eigenvalue weighted by molar-refractivity contribution is 9.10. The Morgan fingerprint density at radius 3 is 2.37 bits per heavy atom. The normalized spacial score (nSPS) is 27.4. The Kier molecular flexibility index (Phi) is 3.79. The van der Waals surface area contributed by atoms with Crippen LogP contribution in [0.5, 0.6) is 0 Å². The molecule has 1 nitrogen and oxygen atoms in total. The highest BCUT2D eigenvalue weighted by Crippen LogP contribution is 2.44. The number of rotatable bonds is 2. The van der Waals surface area contributed by atoms with Gasteiger partial charge in [-0.2, -0.15) is 11.3 Å². The average molecular weight is 336 g/mol. The zero-order chi connectivity index (χ0) is 13.3. The highest BCUT2D eigenvalue weighted by atomic mass is 79.9. The van der Waals surface area contributed by atoms with Gasteiger partial charge in [0.15, 0.2) is 0 Å². The molecule has 1 heterocycles. The van der Waals surface area contributed by atoms with Crippen LogP contribution in [0.15, 0.2) is 45.6 Å². The van der Waals surface area contributed by atoms with Crippen molar-refractivity contribution in [1.29, 1.82) is 0 Å². The van der Waals surface area contributed by atoms with Gasteiger partial charge in [-0.25, -0.2) is 0 Å². The van der Waals surface area contributed by atoms with Crippen LogP contribution in [0.25, 0.3) is 0 Å². The summed E-state index contributed by atoms with van der Waals surface area (Å²) >= 11 is 5.36. The summed E-state index contributed by atoms with van der Waals surface area (Å²) in [5.41, 5.74) is 9.27. The number of hydrogen-bond acceptors (Lipinski definition) is 2. The Hall–Kier alpha value is -0.640. The minimum atomic E-state index is -0.135. The number of hydrogen-bond donors (Lipinski definition) is 1. The summed E-state index contributed by atoms with van der Waals surface area (Å²) in [5, 5.41) is 4.33. The fourth-order valence-corrected chi connectivity index (χ4v) is 4.89. The number of nitrogens with two attached hydrogens (primary N) is 1. The van der Waals surface area contributed by atoms with Crippen molar-refractivity contribution in [1.82, 2.24) is 0 Å². The molecule has 100 valence electrons. The van der Waals surface area contributed by atoms with Crippen molar-refractivity contribution in [3.63, 3.8) is 0 Å². The Balaban J connectivity index is 1.75. The predicted molar refractivity (Wildman–Crippen MR) is 85.5 cm³/mol. The van der Waals surface area contributed by atoms with Crippen LogP contribution in [0.3, 0.4) is 0 Å². The Labute approximate surface area is 127 Å². The molecule has 1 aliphatic rings. The third kappa shape index (κ3) is 2.64. The Morgan fingerprint density at radius 2 is 1.79 bits per heavy atom. The van der Waals surface area contributed by atoms with Crippen LogP contribution in [0.2, 0.25) is 0 Å². The van der Waals surface area contributed by atoms with Gasteiger partial charge in [-0.15, -0.1) is 0 Å². The second-order valence-electron chi connectivity index (χ2n) is 5.47. The van der Waals surface area contributed by atoms with E-state index < -0.39 is 0 Å². The van der Waals surface area contributed by atoms with Gasteiger partial charge in [0.1, 0.15) is 0 Å². The smallest absolute Gasteiger partial charge is 0.0429 e. The average Bonchev–Trinajstić information content (AvgIpc) is 2.88. The summed E-state index contributed by atoms with van der Waals surface area (Å²) in [6.07, 6.45) is 4.51. The summed E-state index contributed by atoms with van der Waals surface area (Å²) in [6.45, 7) is 0. The molecule has 0 spiro atoms. The molecule has 0 bridgehead atoms. The molecule has 0 radical (unpaired) electrons. The molecular formula is C16H18BrNS. The molecule has 1 saturated carbocycles. The molecule has 2 aromatic rings. The van der Waals surface area contributed by atoms with Crippen molar-refractivity contribution in [2.45, 2.75) is 37.1 Å². The Morgan fingerprint density at radius 1 is 1.11 bits per heavy atom. The fraction of sp³-hybridized carbons (Fsp3) is 0.375. The number of thiophene rings is 1. The van der Waals surface area contributed by atoms with Gasteiger partial charge in [0.2, 0.25) is 0 Å². The first-order valence-corrected chi connectivity index (χ1v) is 8.49. The van der Waals surface area contributed by atoms with Crippen molar-refractivity contribution >= 4 is 27.3 Å². The van der Waals surface area contributed by atoms with E-state index >= 15 is 0 Å². The zero-order valence-electron chi connectivity index (χ0n) is 10.8. The molecule has 19 heavy (non-hydrogen) atoms. The van der Waals surface area contributed by atoms with E-state index in [1.54, 1.807) is 11.3 Å². The molecular weight excluding hydrogens is 318 g/mol. The molecule has 3 rings (SSSR count). The SMILES string of the molecule is NC1(c2cscc2Br)CCC(c2ccccc2)CC1. The molecule has 0 saturated heterocycles. The molecule has 1 aromatic heterocycles. The van der Waals surface area contributed by atoms with Gasteiger partial charge in [-0.3, -0.25) is 0 Å². The van der Waals surface area contributed by atoms with Gasteiger partial charge in [-0.05, 0) is 64.0 Å². The lowest BCUT2D eigenvalue weighted by Crippen LogP contribution is -2.40. The second kappa shape index (κ2) is 5.39. The molecule has 0 unspecified atom stereocenters. The van der Waals surface area contributed by atoms with E-state index in [0.717, 1.165) is 12.8 Å². The summed E-state index contributed by atoms with van der Waals surface area (Å²) < 4.78 is 1.18. The van der Waals surface area contributed by atoms with Crippen LogP contribution >= 0.6 is 27.3 Å². The van der Waals surface area contributed by atoms with E-state index in [0.29, 0.717) is 5.92 Å². The maximum absolute atomic E-state index is 6.64. The minimum Gasteiger partial charge on any atom is -0.321 e. The van der Waals surface area contributed by atoms with Crippen LogP contribution < -0.4 is 5.73 Å². The van der Waals surface area contributed by atoms with Gasteiger partial charge in [0, 0.05) is 15.4 Å². The lowest BCUT2D eigenvalue weighted by atomic mass is 9.72. The van der Waals surface area contributed by atoms with Gasteiger partial charge in [-0.1, -0.05) is 30.3 Å². The summed E-state index contributed by atoms with van der Waals surface area (Å²) in [6, 6.07) is 10.8. The first-order chi connectivity index (χ1) is 9.19. The molecule has 1 aromatic carbocycles. The monoisotopic (exact) mass is 335 g/mol. The van der Waals surface area contributed by atoms with Crippen molar-refractivity contribution in [3.05, 3.63) is 56.7 Å². The Bertz CT molecular complexity index is 541. The van der Waals surface area contributed by atoms with Gasteiger partial charge in [0.05, 0.1) is 0 Å². The van der Waals surface area contributed by atoms with E-state index in [2.05, 4.69) is 57.0 Å². The van der Waals surface area contributed by atoms with E-state index in [1.165, 1.54) is 28.4 Å². The zero-order valence-corrected chi connectivity index (χ0v) is 13.2. The van der Waals surface area contributed by atoms with Gasteiger partial charge in [0.25, 0.3) is 0 Å². The lowest BCUT2D eigenvalue weighted by molar-refractivity contribution is 0.276. The quantitative estimate of drug-likeness (QED) is 0.818. The van der Waals surface area contributed by atoms with Gasteiger partial charge < -0.3 is 5.73 Å². The molecule has 0 amide bonds. The molecule has 1 aliphatic carbocycles. The first kappa shape index (κ1) is 13.3. The third-order valence-electron chi connectivity index (χ3n) is 4.30. The molecule has 3 heteroatoms. The van der Waals surface area contributed by atoms with Crippen LogP contribution in [-0.2, 0) is 5.54 Å². The van der Waals surface area contributed by atoms with Gasteiger partial charge >= 0.3 is 0 Å². The fourth-order valence-electron chi connectivity index (χ4n) is 3.10. The van der Waals surface area contributed by atoms with E-state index in [1.807, 2.05) is 0 Å². The molecule has 0 atom stereocenters. The second-order valence-corrected chi connectivity index (χ2v) is 7.07. The van der Waals surface area contributed by atoms with Crippen LogP contribution in [0, 0.1) is 0 Å². The highest BCUT2D eigenvalue weighted by Gasteiger charge is 2.35. The topological polar surface area (TPSA) is 26.0 Å². The van der Waals surface area contributed by atoms with Crippen LogP contribution in [0.1, 0.15) is 42.7 Å². The maximum atomic E-state index is 6.64. The summed E-state index contributed by atoms with van der Waals surface area (Å²) in [4.78, 5) is 0. The minimum absolute atomic E-state index is 0.135. The number of benzene rings is 1. The van der Waals surface area contributed by atoms with Crippen LogP contribution in [-0.4, -0.2) is 0 Å². The third-order valence-corrected chi connectivity index (χ3v) is 6.00. The maximum Gasteiger partial charge on any atom is 0.0429 e. The molecule has 0 aliphatic heterocycles. The summed E-state index contributed by atoms with van der Waals surface area (Å²) in [5.74, 6) is 0.676. The molecule has 1 fully saturated rings. The van der Waals surface area contributed by atoms with Crippen molar-refractivity contribution in [2.75, 3.05) is 0 Å². The first-order valence-electron chi connectivity index (χ1n) is 6.75. The van der Waals surface area contributed by atoms with E-state index in [9.17, 15) is 0 Å². The van der Waals surface area contributed by atoms with E-state index in [4.69, 9.17) is 5.73 Å². The predicted octanol–water partition coefficient (Wildman–Crippen LogP) is 5.02. The largest absolute Gasteiger partial charge is 0.321 e. The van der Waals surface area contributed by atoms with Crippen molar-refractivity contribution in [2.24, 2.45) is 5.73 Å². The number of halogens is 1. The standard InChI is InChI=1S/C16H18BrNS/c17-15-11-19-10-14(15)16(18)8-6-13(7-9-16)12-4-2-1-3-5-12/h1-5,10-11,13H,6-9,18H2.